The third-order valence-corrected chi connectivity index (χ3v) is 6.82. The van der Waals surface area contributed by atoms with Crippen molar-refractivity contribution in [2.24, 2.45) is 0 Å². The van der Waals surface area contributed by atoms with Gasteiger partial charge < -0.3 is 15.6 Å². The summed E-state index contributed by atoms with van der Waals surface area (Å²) < 4.78 is 0. The lowest BCUT2D eigenvalue weighted by Crippen LogP contribution is -2.40. The molecule has 0 atom stereocenters. The predicted molar refractivity (Wildman–Crippen MR) is 137 cm³/mol. The highest BCUT2D eigenvalue weighted by Crippen LogP contribution is 2.29. The molecule has 178 valence electrons. The summed E-state index contributed by atoms with van der Waals surface area (Å²) in [6, 6.07) is 15.6. The third kappa shape index (κ3) is 4.80. The average Bonchev–Trinajstić information content (AvgIpc) is 3.31. The number of aryl methyl sites for hydroxylation is 2. The number of nitrogens with zero attached hydrogens (tertiary/aromatic N) is 2. The zero-order chi connectivity index (χ0) is 24.4. The van der Waals surface area contributed by atoms with E-state index in [1.165, 1.54) is 6.33 Å². The summed E-state index contributed by atoms with van der Waals surface area (Å²) in [7, 11) is 0. The summed E-state index contributed by atoms with van der Waals surface area (Å²) in [6.45, 7) is 3.95. The number of hydrogen-bond acceptors (Lipinski definition) is 5. The number of aromatic nitrogens is 3. The molecule has 0 aliphatic heterocycles. The van der Waals surface area contributed by atoms with E-state index in [0.29, 0.717) is 28.2 Å². The molecule has 3 N–H and O–H groups in total. The van der Waals surface area contributed by atoms with Crippen molar-refractivity contribution in [2.45, 2.75) is 51.6 Å². The maximum Gasteiger partial charge on any atom is 0.251 e. The van der Waals surface area contributed by atoms with E-state index in [2.05, 4.69) is 25.6 Å². The Labute approximate surface area is 204 Å². The number of carbonyl (C=O) groups excluding carboxylic acids is 2. The number of amides is 1. The van der Waals surface area contributed by atoms with Crippen LogP contribution in [0.1, 0.15) is 63.1 Å². The van der Waals surface area contributed by atoms with Crippen molar-refractivity contribution in [1.29, 1.82) is 0 Å². The first-order valence-corrected chi connectivity index (χ1v) is 12.1. The van der Waals surface area contributed by atoms with Gasteiger partial charge in [-0.25, -0.2) is 9.97 Å². The molecule has 0 unspecified atom stereocenters. The lowest BCUT2D eigenvalue weighted by atomic mass is 9.90. The van der Waals surface area contributed by atoms with Crippen LogP contribution < -0.4 is 10.6 Å². The molecule has 1 amide bonds. The maximum atomic E-state index is 13.3. The second-order valence-corrected chi connectivity index (χ2v) is 9.32. The van der Waals surface area contributed by atoms with Gasteiger partial charge in [0.1, 0.15) is 17.8 Å². The maximum absolute atomic E-state index is 13.3. The van der Waals surface area contributed by atoms with Crippen LogP contribution in [0.15, 0.2) is 61.1 Å². The van der Waals surface area contributed by atoms with E-state index >= 15 is 0 Å². The molecule has 0 bridgehead atoms. The number of benzene rings is 2. The van der Waals surface area contributed by atoms with Crippen LogP contribution in [0.25, 0.3) is 11.0 Å². The Morgan fingerprint density at radius 1 is 0.886 bits per heavy atom. The second kappa shape index (κ2) is 9.70. The summed E-state index contributed by atoms with van der Waals surface area (Å²) >= 11 is 0. The first-order chi connectivity index (χ1) is 17.0. The van der Waals surface area contributed by atoms with E-state index in [9.17, 15) is 9.59 Å². The summed E-state index contributed by atoms with van der Waals surface area (Å²) in [5, 5.41) is 7.44. The molecule has 0 saturated heterocycles. The summed E-state index contributed by atoms with van der Waals surface area (Å²) in [5.41, 5.74) is 4.64. The number of aromatic amines is 1. The molecule has 4 aromatic rings. The van der Waals surface area contributed by atoms with Crippen molar-refractivity contribution in [1.82, 2.24) is 20.3 Å². The number of H-pyrrole nitrogens is 1. The highest BCUT2D eigenvalue weighted by atomic mass is 16.1. The number of carbonyl (C=O) groups is 2. The van der Waals surface area contributed by atoms with Gasteiger partial charge in [-0.3, -0.25) is 9.59 Å². The van der Waals surface area contributed by atoms with Crippen molar-refractivity contribution in [3.63, 3.8) is 0 Å². The van der Waals surface area contributed by atoms with Crippen molar-refractivity contribution < 1.29 is 9.59 Å². The van der Waals surface area contributed by atoms with Crippen LogP contribution in [-0.4, -0.2) is 38.7 Å². The van der Waals surface area contributed by atoms with Crippen LogP contribution in [0.2, 0.25) is 0 Å². The lowest BCUT2D eigenvalue weighted by molar-refractivity contribution is 0.0926. The van der Waals surface area contributed by atoms with Gasteiger partial charge >= 0.3 is 0 Å². The van der Waals surface area contributed by atoms with Gasteiger partial charge in [0.25, 0.3) is 5.91 Å². The minimum atomic E-state index is -0.0465. The molecule has 2 heterocycles. The smallest absolute Gasteiger partial charge is 0.251 e. The molecular weight excluding hydrogens is 438 g/mol. The fourth-order valence-corrected chi connectivity index (χ4v) is 4.77. The molecule has 2 aromatic carbocycles. The number of rotatable bonds is 6. The van der Waals surface area contributed by atoms with Crippen LogP contribution in [-0.2, 0) is 0 Å². The first-order valence-electron chi connectivity index (χ1n) is 12.1. The zero-order valence-corrected chi connectivity index (χ0v) is 20.0. The molecule has 2 aromatic heterocycles. The molecule has 1 aliphatic carbocycles. The molecule has 7 nitrogen and oxygen atoms in total. The highest BCUT2D eigenvalue weighted by Gasteiger charge is 2.25. The summed E-state index contributed by atoms with van der Waals surface area (Å²) in [4.78, 5) is 37.8. The Morgan fingerprint density at radius 3 is 2.34 bits per heavy atom. The molecule has 5 rings (SSSR count). The zero-order valence-electron chi connectivity index (χ0n) is 20.0. The van der Waals surface area contributed by atoms with Crippen LogP contribution in [0.4, 0.5) is 5.82 Å². The molecule has 7 heteroatoms. The highest BCUT2D eigenvalue weighted by molar-refractivity contribution is 6.18. The average molecular weight is 468 g/mol. The van der Waals surface area contributed by atoms with Gasteiger partial charge in [-0.1, -0.05) is 42.0 Å². The number of ketones is 1. The Balaban J connectivity index is 1.27. The topological polar surface area (TPSA) is 99.8 Å². The predicted octanol–water partition coefficient (Wildman–Crippen LogP) is 4.96. The van der Waals surface area contributed by atoms with Crippen molar-refractivity contribution >= 4 is 28.5 Å². The molecule has 1 fully saturated rings. The van der Waals surface area contributed by atoms with Crippen molar-refractivity contribution in [3.8, 4) is 0 Å². The van der Waals surface area contributed by atoms with Gasteiger partial charge in [-0.05, 0) is 57.2 Å². The van der Waals surface area contributed by atoms with Gasteiger partial charge in [0.2, 0.25) is 0 Å². The minimum absolute atomic E-state index is 0.0226. The molecular formula is C28H29N5O2. The van der Waals surface area contributed by atoms with E-state index < -0.39 is 0 Å². The van der Waals surface area contributed by atoms with Gasteiger partial charge in [0, 0.05) is 29.4 Å². The first kappa shape index (κ1) is 22.8. The summed E-state index contributed by atoms with van der Waals surface area (Å²) in [6.07, 6.45) is 6.79. The lowest BCUT2D eigenvalue weighted by Gasteiger charge is -2.30. The quantitative estimate of drug-likeness (QED) is 0.348. The van der Waals surface area contributed by atoms with Crippen molar-refractivity contribution in [2.75, 3.05) is 5.32 Å². The molecule has 1 aliphatic rings. The van der Waals surface area contributed by atoms with Crippen LogP contribution in [0, 0.1) is 13.8 Å². The third-order valence-electron chi connectivity index (χ3n) is 6.82. The number of hydrogen-bond donors (Lipinski definition) is 3. The standard InChI is InChI=1S/C28H29N5O2/c1-17-7-9-19(10-8-17)28(35)33-21-13-11-20(12-14-21)32-27-24-23(15-29-26(24)30-16-31-27)25(34)22-6-4-3-5-18(22)2/h3-10,15-16,20-21H,11-14H2,1-2H3,(H,33,35)(H2,29,30,31,32). The largest absolute Gasteiger partial charge is 0.367 e. The molecule has 0 radical (unpaired) electrons. The summed E-state index contributed by atoms with van der Waals surface area (Å²) in [5.74, 6) is 0.598. The fourth-order valence-electron chi connectivity index (χ4n) is 4.77. The van der Waals surface area contributed by atoms with Gasteiger partial charge in [-0.2, -0.15) is 0 Å². The van der Waals surface area contributed by atoms with E-state index in [0.717, 1.165) is 42.2 Å². The van der Waals surface area contributed by atoms with Gasteiger partial charge in [0.05, 0.1) is 10.9 Å². The number of anilines is 1. The Morgan fingerprint density at radius 2 is 1.60 bits per heavy atom. The fraction of sp³-hybridized carbons (Fsp3) is 0.286. The van der Waals surface area contributed by atoms with E-state index in [-0.39, 0.29) is 23.8 Å². The normalized spacial score (nSPS) is 17.8. The van der Waals surface area contributed by atoms with E-state index in [4.69, 9.17) is 0 Å². The number of nitrogens with one attached hydrogen (secondary N) is 3. The van der Waals surface area contributed by atoms with E-state index in [1.54, 1.807) is 6.20 Å². The van der Waals surface area contributed by atoms with E-state index in [1.807, 2.05) is 62.4 Å². The molecule has 0 spiro atoms. The van der Waals surface area contributed by atoms with Gasteiger partial charge in [0.15, 0.2) is 5.78 Å². The number of fused-ring (bicyclic) bond motifs is 1. The van der Waals surface area contributed by atoms with Crippen LogP contribution >= 0.6 is 0 Å². The Bertz CT molecular complexity index is 1370. The Kier molecular flexibility index (Phi) is 6.31. The van der Waals surface area contributed by atoms with Gasteiger partial charge in [-0.15, -0.1) is 0 Å². The van der Waals surface area contributed by atoms with Crippen LogP contribution in [0.3, 0.4) is 0 Å². The van der Waals surface area contributed by atoms with Crippen molar-refractivity contribution in [3.05, 3.63) is 88.9 Å². The molecule has 1 saturated carbocycles. The SMILES string of the molecule is Cc1ccc(C(=O)NC2CCC(Nc3ncnc4[nH]cc(C(=O)c5ccccc5C)c34)CC2)cc1. The minimum Gasteiger partial charge on any atom is -0.367 e. The Hall–Kier alpha value is -4.00. The molecule has 35 heavy (non-hydrogen) atoms. The second-order valence-electron chi connectivity index (χ2n) is 9.32. The monoisotopic (exact) mass is 467 g/mol. The van der Waals surface area contributed by atoms with Crippen LogP contribution in [0.5, 0.6) is 0 Å².